The second kappa shape index (κ2) is 5.65. The lowest BCUT2D eigenvalue weighted by Crippen LogP contribution is -2.04. The number of alkyl halides is 3. The maximum atomic E-state index is 5.97. The average Bonchev–Trinajstić information content (AvgIpc) is 2.10. The molecule has 1 N–H and O–H groups in total. The Bertz CT molecular complexity index is 411. The van der Waals surface area contributed by atoms with Crippen LogP contribution < -0.4 is 5.32 Å². The predicted molar refractivity (Wildman–Crippen MR) is 72.9 cm³/mol. The van der Waals surface area contributed by atoms with Crippen LogP contribution in [0.2, 0.25) is 10.0 Å². The van der Waals surface area contributed by atoms with Gasteiger partial charge in [-0.05, 0) is 12.1 Å². The van der Waals surface area contributed by atoms with Gasteiger partial charge in [-0.15, -0.1) is 0 Å². The molecule has 0 fully saturated rings. The summed E-state index contributed by atoms with van der Waals surface area (Å²) < 4.78 is -1.65. The molecule has 88 valence electrons. The van der Waals surface area contributed by atoms with Crippen LogP contribution in [-0.4, -0.2) is 13.4 Å². The minimum atomic E-state index is -1.65. The molecule has 0 bridgehead atoms. The molecule has 0 amide bonds. The van der Waals surface area contributed by atoms with E-state index in [0.29, 0.717) is 16.3 Å². The molecule has 0 spiro atoms. The Kier molecular flexibility index (Phi) is 5.02. The van der Waals surface area contributed by atoms with Gasteiger partial charge in [0, 0.05) is 17.6 Å². The maximum Gasteiger partial charge on any atom is 0.219 e. The highest BCUT2D eigenvalue weighted by atomic mass is 35.6. The van der Waals surface area contributed by atoms with E-state index in [1.54, 1.807) is 13.1 Å². The molecular weight excluding hydrogens is 313 g/mol. The van der Waals surface area contributed by atoms with Gasteiger partial charge in [-0.25, -0.2) is 4.99 Å². The number of rotatable bonds is 2. The Labute approximate surface area is 118 Å². The van der Waals surface area contributed by atoms with Gasteiger partial charge < -0.3 is 5.32 Å². The summed E-state index contributed by atoms with van der Waals surface area (Å²) in [4.78, 5) is 4.05. The van der Waals surface area contributed by atoms with Crippen LogP contribution in [0.25, 0.3) is 0 Å². The molecule has 0 saturated carbocycles. The fraction of sp³-hybridized carbons (Fsp3) is 0.222. The van der Waals surface area contributed by atoms with E-state index < -0.39 is 3.79 Å². The first-order valence-corrected chi connectivity index (χ1v) is 6.01. The summed E-state index contributed by atoms with van der Waals surface area (Å²) in [6.07, 6.45) is 1.45. The third-order valence-electron chi connectivity index (χ3n) is 1.65. The number of halogens is 5. The average molecular weight is 320 g/mol. The molecule has 0 aliphatic heterocycles. The number of aliphatic imine (C=N–C) groups is 1. The Balaban J connectivity index is 3.38. The van der Waals surface area contributed by atoms with Gasteiger partial charge in [0.15, 0.2) is 0 Å². The molecule has 7 heteroatoms. The standard InChI is InChI=1S/C9H7Cl5N2/c1-15-4-16-7-3-5(10)2-6(11)8(7)9(12,13)14/h2-4H,1H3,(H,15,16). The summed E-state index contributed by atoms with van der Waals surface area (Å²) >= 11 is 29.2. The van der Waals surface area contributed by atoms with Crippen molar-refractivity contribution in [2.45, 2.75) is 3.79 Å². The van der Waals surface area contributed by atoms with Crippen molar-refractivity contribution in [1.82, 2.24) is 5.32 Å². The van der Waals surface area contributed by atoms with Gasteiger partial charge >= 0.3 is 0 Å². The predicted octanol–water partition coefficient (Wildman–Crippen LogP) is 4.70. The fourth-order valence-corrected chi connectivity index (χ4v) is 2.44. The van der Waals surface area contributed by atoms with Crippen LogP contribution in [0, 0.1) is 0 Å². The van der Waals surface area contributed by atoms with Crippen LogP contribution >= 0.6 is 58.0 Å². The van der Waals surface area contributed by atoms with Crippen molar-refractivity contribution in [2.75, 3.05) is 7.05 Å². The number of benzene rings is 1. The lowest BCUT2D eigenvalue weighted by molar-refractivity contribution is 1.18. The summed E-state index contributed by atoms with van der Waals surface area (Å²) in [5, 5.41) is 3.41. The van der Waals surface area contributed by atoms with Gasteiger partial charge in [-0.2, -0.15) is 0 Å². The zero-order chi connectivity index (χ0) is 12.3. The molecule has 1 rings (SSSR count). The topological polar surface area (TPSA) is 24.4 Å². The minimum absolute atomic E-state index is 0.260. The van der Waals surface area contributed by atoms with Gasteiger partial charge in [-0.1, -0.05) is 58.0 Å². The largest absolute Gasteiger partial charge is 0.379 e. The van der Waals surface area contributed by atoms with Crippen molar-refractivity contribution < 1.29 is 0 Å². The van der Waals surface area contributed by atoms with Crippen molar-refractivity contribution in [3.8, 4) is 0 Å². The van der Waals surface area contributed by atoms with E-state index in [9.17, 15) is 0 Å². The van der Waals surface area contributed by atoms with Crippen molar-refractivity contribution in [3.05, 3.63) is 27.7 Å². The SMILES string of the molecule is CNC=Nc1cc(Cl)cc(Cl)c1C(Cl)(Cl)Cl. The molecule has 0 saturated heterocycles. The molecular formula is C9H7Cl5N2. The molecule has 0 unspecified atom stereocenters. The molecule has 0 aromatic heterocycles. The van der Waals surface area contributed by atoms with Gasteiger partial charge in [0.05, 0.1) is 17.0 Å². The first kappa shape index (κ1) is 14.2. The van der Waals surface area contributed by atoms with E-state index in [4.69, 9.17) is 58.0 Å². The first-order valence-electron chi connectivity index (χ1n) is 4.12. The number of hydrogen-bond donors (Lipinski definition) is 1. The van der Waals surface area contributed by atoms with Crippen molar-refractivity contribution in [2.24, 2.45) is 4.99 Å². The summed E-state index contributed by atoms with van der Waals surface area (Å²) in [5.41, 5.74) is 0.710. The first-order chi connectivity index (χ1) is 7.36. The smallest absolute Gasteiger partial charge is 0.219 e. The van der Waals surface area contributed by atoms with E-state index in [-0.39, 0.29) is 5.02 Å². The van der Waals surface area contributed by atoms with Crippen LogP contribution in [0.5, 0.6) is 0 Å². The second-order valence-electron chi connectivity index (χ2n) is 2.83. The Hall–Kier alpha value is 0.140. The molecule has 1 aromatic rings. The highest BCUT2D eigenvalue weighted by molar-refractivity contribution is 6.67. The molecule has 0 radical (unpaired) electrons. The zero-order valence-electron chi connectivity index (χ0n) is 8.07. The van der Waals surface area contributed by atoms with Gasteiger partial charge in [0.1, 0.15) is 0 Å². The molecule has 0 aliphatic rings. The van der Waals surface area contributed by atoms with Crippen LogP contribution in [-0.2, 0) is 3.79 Å². The number of nitrogens with zero attached hydrogens (tertiary/aromatic N) is 1. The van der Waals surface area contributed by atoms with Crippen LogP contribution in [0.1, 0.15) is 5.56 Å². The van der Waals surface area contributed by atoms with Gasteiger partial charge in [0.25, 0.3) is 0 Å². The van der Waals surface area contributed by atoms with E-state index in [1.807, 2.05) is 0 Å². The van der Waals surface area contributed by atoms with E-state index >= 15 is 0 Å². The molecule has 1 aromatic carbocycles. The zero-order valence-corrected chi connectivity index (χ0v) is 11.8. The summed E-state index contributed by atoms with van der Waals surface area (Å²) in [6.45, 7) is 0. The van der Waals surface area contributed by atoms with E-state index in [0.717, 1.165) is 0 Å². The lowest BCUT2D eigenvalue weighted by Gasteiger charge is -2.16. The quantitative estimate of drug-likeness (QED) is 0.477. The Morgan fingerprint density at radius 1 is 1.25 bits per heavy atom. The van der Waals surface area contributed by atoms with E-state index in [1.165, 1.54) is 12.4 Å². The highest BCUT2D eigenvalue weighted by Gasteiger charge is 2.29. The summed E-state index contributed by atoms with van der Waals surface area (Å²) in [6, 6.07) is 3.07. The normalized spacial score (nSPS) is 12.1. The molecule has 0 atom stereocenters. The Morgan fingerprint density at radius 3 is 2.38 bits per heavy atom. The lowest BCUT2D eigenvalue weighted by atomic mass is 10.2. The summed E-state index contributed by atoms with van der Waals surface area (Å²) in [7, 11) is 1.70. The number of hydrogen-bond acceptors (Lipinski definition) is 1. The van der Waals surface area contributed by atoms with Gasteiger partial charge in [-0.3, -0.25) is 0 Å². The van der Waals surface area contributed by atoms with Crippen LogP contribution in [0.3, 0.4) is 0 Å². The van der Waals surface area contributed by atoms with Crippen molar-refractivity contribution >= 4 is 70.0 Å². The third kappa shape index (κ3) is 3.57. The highest BCUT2D eigenvalue weighted by Crippen LogP contribution is 2.47. The Morgan fingerprint density at radius 2 is 1.88 bits per heavy atom. The van der Waals surface area contributed by atoms with Crippen LogP contribution in [0.15, 0.2) is 17.1 Å². The maximum absolute atomic E-state index is 5.97. The second-order valence-corrected chi connectivity index (χ2v) is 5.95. The van der Waals surface area contributed by atoms with Crippen molar-refractivity contribution in [3.63, 3.8) is 0 Å². The molecule has 0 aliphatic carbocycles. The summed E-state index contributed by atoms with van der Waals surface area (Å²) in [5.74, 6) is 0. The van der Waals surface area contributed by atoms with E-state index in [2.05, 4.69) is 10.3 Å². The molecule has 0 heterocycles. The van der Waals surface area contributed by atoms with Crippen molar-refractivity contribution in [1.29, 1.82) is 0 Å². The third-order valence-corrected chi connectivity index (χ3v) is 2.73. The molecule has 2 nitrogen and oxygen atoms in total. The monoisotopic (exact) mass is 318 g/mol. The molecule has 16 heavy (non-hydrogen) atoms. The number of nitrogens with one attached hydrogen (secondary N) is 1. The van der Waals surface area contributed by atoms with Crippen LogP contribution in [0.4, 0.5) is 5.69 Å². The minimum Gasteiger partial charge on any atom is -0.379 e. The fourth-order valence-electron chi connectivity index (χ4n) is 1.08. The van der Waals surface area contributed by atoms with Gasteiger partial charge in [0.2, 0.25) is 3.79 Å².